The van der Waals surface area contributed by atoms with Crippen molar-refractivity contribution in [1.29, 1.82) is 0 Å². The molecule has 0 bridgehead atoms. The summed E-state index contributed by atoms with van der Waals surface area (Å²) in [5.74, 6) is 0. The van der Waals surface area contributed by atoms with Crippen molar-refractivity contribution in [2.45, 2.75) is 31.8 Å². The third-order valence-corrected chi connectivity index (χ3v) is 4.07. The zero-order valence-electron chi connectivity index (χ0n) is 11.4. The summed E-state index contributed by atoms with van der Waals surface area (Å²) >= 11 is 12.2. The molecule has 1 N–H and O–H groups in total. The molecule has 0 amide bonds. The van der Waals surface area contributed by atoms with Gasteiger partial charge in [0.25, 0.3) is 0 Å². The lowest BCUT2D eigenvalue weighted by Crippen LogP contribution is -2.28. The highest BCUT2D eigenvalue weighted by atomic mass is 35.5. The smallest absolute Gasteiger partial charge is 0.0937 e. The van der Waals surface area contributed by atoms with Crippen molar-refractivity contribution >= 4 is 23.2 Å². The lowest BCUT2D eigenvalue weighted by Gasteiger charge is -2.29. The van der Waals surface area contributed by atoms with Gasteiger partial charge in [0, 0.05) is 16.5 Å². The third kappa shape index (κ3) is 3.54. The summed E-state index contributed by atoms with van der Waals surface area (Å²) in [5, 5.41) is 12.3. The van der Waals surface area contributed by atoms with Crippen molar-refractivity contribution in [2.75, 3.05) is 0 Å². The van der Waals surface area contributed by atoms with Gasteiger partial charge in [0.2, 0.25) is 0 Å². The summed E-state index contributed by atoms with van der Waals surface area (Å²) in [5.41, 5.74) is 0.876. The maximum atomic E-state index is 11.0. The van der Waals surface area contributed by atoms with E-state index in [2.05, 4.69) is 6.92 Å². The van der Waals surface area contributed by atoms with Crippen LogP contribution < -0.4 is 0 Å². The molecule has 0 radical (unpaired) electrons. The van der Waals surface area contributed by atoms with Crippen molar-refractivity contribution in [2.24, 2.45) is 0 Å². The third-order valence-electron chi connectivity index (χ3n) is 3.47. The predicted octanol–water partition coefficient (Wildman–Crippen LogP) is 5.22. The SMILES string of the molecule is CCCC(O)(Cc1cc(Cl)ccc1Cl)c1ccccc1. The summed E-state index contributed by atoms with van der Waals surface area (Å²) < 4.78 is 0. The monoisotopic (exact) mass is 308 g/mol. The maximum Gasteiger partial charge on any atom is 0.0937 e. The largest absolute Gasteiger partial charge is 0.385 e. The van der Waals surface area contributed by atoms with Crippen molar-refractivity contribution in [3.63, 3.8) is 0 Å². The Labute approximate surface area is 130 Å². The van der Waals surface area contributed by atoms with Crippen LogP contribution in [-0.2, 0) is 12.0 Å². The van der Waals surface area contributed by atoms with Crippen molar-refractivity contribution in [3.8, 4) is 0 Å². The highest BCUT2D eigenvalue weighted by Gasteiger charge is 2.29. The van der Waals surface area contributed by atoms with E-state index in [-0.39, 0.29) is 0 Å². The molecule has 20 heavy (non-hydrogen) atoms. The van der Waals surface area contributed by atoms with Gasteiger partial charge in [0.05, 0.1) is 5.60 Å². The van der Waals surface area contributed by atoms with Crippen LogP contribution in [-0.4, -0.2) is 5.11 Å². The first-order valence-electron chi connectivity index (χ1n) is 6.77. The fourth-order valence-electron chi connectivity index (χ4n) is 2.49. The van der Waals surface area contributed by atoms with Crippen molar-refractivity contribution < 1.29 is 5.11 Å². The molecule has 0 aromatic heterocycles. The van der Waals surface area contributed by atoms with E-state index in [1.807, 2.05) is 36.4 Å². The molecule has 0 heterocycles. The van der Waals surface area contributed by atoms with Crippen LogP contribution in [0.5, 0.6) is 0 Å². The van der Waals surface area contributed by atoms with E-state index in [1.165, 1.54) is 0 Å². The average Bonchev–Trinajstić information content (AvgIpc) is 2.44. The molecule has 0 saturated heterocycles. The molecule has 0 aliphatic carbocycles. The van der Waals surface area contributed by atoms with Crippen LogP contribution in [0.1, 0.15) is 30.9 Å². The fourth-order valence-corrected chi connectivity index (χ4v) is 2.87. The van der Waals surface area contributed by atoms with Crippen LogP contribution in [0.2, 0.25) is 10.0 Å². The zero-order chi connectivity index (χ0) is 14.6. The minimum atomic E-state index is -0.912. The quantitative estimate of drug-likeness (QED) is 0.802. The van der Waals surface area contributed by atoms with Crippen molar-refractivity contribution in [1.82, 2.24) is 0 Å². The second kappa shape index (κ2) is 6.62. The number of rotatable bonds is 5. The Balaban J connectivity index is 2.36. The Morgan fingerprint density at radius 2 is 1.75 bits per heavy atom. The summed E-state index contributed by atoms with van der Waals surface area (Å²) in [4.78, 5) is 0. The molecule has 1 unspecified atom stereocenters. The van der Waals surface area contributed by atoms with Crippen LogP contribution in [0, 0.1) is 0 Å². The lowest BCUT2D eigenvalue weighted by molar-refractivity contribution is 0.0269. The molecule has 2 rings (SSSR count). The Morgan fingerprint density at radius 3 is 2.40 bits per heavy atom. The molecule has 0 spiro atoms. The first-order valence-corrected chi connectivity index (χ1v) is 7.52. The van der Waals surface area contributed by atoms with Gasteiger partial charge in [0.15, 0.2) is 0 Å². The number of hydrogen-bond acceptors (Lipinski definition) is 1. The minimum Gasteiger partial charge on any atom is -0.385 e. The molecule has 106 valence electrons. The van der Waals surface area contributed by atoms with Gasteiger partial charge in [-0.1, -0.05) is 66.9 Å². The van der Waals surface area contributed by atoms with Gasteiger partial charge in [0.1, 0.15) is 0 Å². The molecule has 1 nitrogen and oxygen atoms in total. The molecule has 0 aliphatic rings. The van der Waals surface area contributed by atoms with E-state index in [0.29, 0.717) is 22.9 Å². The summed E-state index contributed by atoms with van der Waals surface area (Å²) in [6.07, 6.45) is 2.04. The minimum absolute atomic E-state index is 0.463. The molecule has 3 heteroatoms. The summed E-state index contributed by atoms with van der Waals surface area (Å²) in [6.45, 7) is 2.06. The topological polar surface area (TPSA) is 20.2 Å². The van der Waals surface area contributed by atoms with Gasteiger partial charge < -0.3 is 5.11 Å². The van der Waals surface area contributed by atoms with E-state index in [4.69, 9.17) is 23.2 Å². The van der Waals surface area contributed by atoms with Crippen LogP contribution in [0.15, 0.2) is 48.5 Å². The van der Waals surface area contributed by atoms with E-state index in [1.54, 1.807) is 12.1 Å². The van der Waals surface area contributed by atoms with Gasteiger partial charge in [-0.2, -0.15) is 0 Å². The summed E-state index contributed by atoms with van der Waals surface area (Å²) in [6, 6.07) is 15.1. The van der Waals surface area contributed by atoms with Gasteiger partial charge in [-0.25, -0.2) is 0 Å². The first kappa shape index (κ1) is 15.4. The molecular weight excluding hydrogens is 291 g/mol. The molecule has 0 fully saturated rings. The number of aliphatic hydroxyl groups is 1. The van der Waals surface area contributed by atoms with Crippen LogP contribution in [0.25, 0.3) is 0 Å². The van der Waals surface area contributed by atoms with E-state index >= 15 is 0 Å². The molecule has 0 saturated carbocycles. The second-order valence-corrected chi connectivity index (χ2v) is 5.90. The van der Waals surface area contributed by atoms with Crippen LogP contribution in [0.3, 0.4) is 0 Å². The lowest BCUT2D eigenvalue weighted by atomic mass is 9.83. The number of halogens is 2. The van der Waals surface area contributed by atoms with E-state index in [9.17, 15) is 5.11 Å². The van der Waals surface area contributed by atoms with E-state index < -0.39 is 5.60 Å². The Kier molecular flexibility index (Phi) is 5.09. The fraction of sp³-hybridized carbons (Fsp3) is 0.294. The molecule has 2 aromatic rings. The second-order valence-electron chi connectivity index (χ2n) is 5.06. The molecule has 1 atom stereocenters. The Bertz CT molecular complexity index is 568. The first-order chi connectivity index (χ1) is 9.55. The summed E-state index contributed by atoms with van der Waals surface area (Å²) in [7, 11) is 0. The maximum absolute atomic E-state index is 11.0. The molecule has 0 aliphatic heterocycles. The molecule has 2 aromatic carbocycles. The Hall–Kier alpha value is -1.02. The van der Waals surface area contributed by atoms with Gasteiger partial charge >= 0.3 is 0 Å². The van der Waals surface area contributed by atoms with Crippen LogP contribution in [0.4, 0.5) is 0 Å². The standard InChI is InChI=1S/C17H18Cl2O/c1-2-10-17(20,14-6-4-3-5-7-14)12-13-11-15(18)8-9-16(13)19/h3-9,11,20H,2,10,12H2,1H3. The van der Waals surface area contributed by atoms with Crippen LogP contribution >= 0.6 is 23.2 Å². The van der Waals surface area contributed by atoms with E-state index in [0.717, 1.165) is 17.5 Å². The number of benzene rings is 2. The molecular formula is C17H18Cl2O. The van der Waals surface area contributed by atoms with Gasteiger partial charge in [-0.3, -0.25) is 0 Å². The predicted molar refractivity (Wildman–Crippen MR) is 85.4 cm³/mol. The normalized spacial score (nSPS) is 14.0. The van der Waals surface area contributed by atoms with Crippen molar-refractivity contribution in [3.05, 3.63) is 69.7 Å². The highest BCUT2D eigenvalue weighted by Crippen LogP contribution is 2.33. The van der Waals surface area contributed by atoms with Gasteiger partial charge in [-0.15, -0.1) is 0 Å². The number of hydrogen-bond donors (Lipinski definition) is 1. The highest BCUT2D eigenvalue weighted by molar-refractivity contribution is 6.33. The average molecular weight is 309 g/mol. The van der Waals surface area contributed by atoms with Gasteiger partial charge in [-0.05, 0) is 35.7 Å². The Morgan fingerprint density at radius 1 is 1.05 bits per heavy atom. The zero-order valence-corrected chi connectivity index (χ0v) is 13.0.